The minimum absolute atomic E-state index is 0.0914. The van der Waals surface area contributed by atoms with Crippen LogP contribution in [0, 0.1) is 0 Å². The molecule has 2 aromatic carbocycles. The number of hydrogen-bond acceptors (Lipinski definition) is 5. The first kappa shape index (κ1) is 21.4. The second kappa shape index (κ2) is 9.04. The number of carbonyl (C=O) groups is 2. The van der Waals surface area contributed by atoms with Gasteiger partial charge in [-0.3, -0.25) is 14.5 Å². The van der Waals surface area contributed by atoms with Crippen LogP contribution in [0.2, 0.25) is 5.02 Å². The molecular weight excluding hydrogens is 414 g/mol. The van der Waals surface area contributed by atoms with E-state index in [0.29, 0.717) is 24.3 Å². The summed E-state index contributed by atoms with van der Waals surface area (Å²) in [6.45, 7) is 2.95. The summed E-state index contributed by atoms with van der Waals surface area (Å²) in [7, 11) is -3.67. The maximum atomic E-state index is 12.8. The summed E-state index contributed by atoms with van der Waals surface area (Å²) in [4.78, 5) is 26.0. The number of piperazine rings is 1. The van der Waals surface area contributed by atoms with Crippen molar-refractivity contribution in [2.24, 2.45) is 0 Å². The summed E-state index contributed by atoms with van der Waals surface area (Å²) in [6, 6.07) is 13.2. The molecule has 1 saturated heterocycles. The summed E-state index contributed by atoms with van der Waals surface area (Å²) < 4.78 is 27.0. The summed E-state index contributed by atoms with van der Waals surface area (Å²) in [5.74, 6) is -0.375. The standard InChI is InChI=1S/C20H22ClN3O4S/c1-15(25)16-6-2-4-8-18(16)22-20(26)14-23-10-12-24(13-11-23)29(27,28)19-9-5-3-7-17(19)21/h2-9H,10-14H2,1H3,(H,22,26). The maximum Gasteiger partial charge on any atom is 0.244 e. The van der Waals surface area contributed by atoms with Gasteiger partial charge in [-0.05, 0) is 31.2 Å². The minimum atomic E-state index is -3.67. The number of anilines is 1. The normalized spacial score (nSPS) is 15.8. The quantitative estimate of drug-likeness (QED) is 0.704. The monoisotopic (exact) mass is 435 g/mol. The van der Waals surface area contributed by atoms with Crippen LogP contribution in [0.3, 0.4) is 0 Å². The molecule has 7 nitrogen and oxygen atoms in total. The minimum Gasteiger partial charge on any atom is -0.324 e. The summed E-state index contributed by atoms with van der Waals surface area (Å²) in [5, 5.41) is 2.96. The van der Waals surface area contributed by atoms with Crippen LogP contribution >= 0.6 is 11.6 Å². The first-order chi connectivity index (χ1) is 13.8. The molecule has 1 aliphatic heterocycles. The van der Waals surface area contributed by atoms with Crippen molar-refractivity contribution >= 4 is 39.0 Å². The van der Waals surface area contributed by atoms with Gasteiger partial charge in [-0.25, -0.2) is 8.42 Å². The van der Waals surface area contributed by atoms with Crippen molar-refractivity contribution in [3.63, 3.8) is 0 Å². The van der Waals surface area contributed by atoms with Gasteiger partial charge in [-0.1, -0.05) is 35.9 Å². The van der Waals surface area contributed by atoms with E-state index in [9.17, 15) is 18.0 Å². The van der Waals surface area contributed by atoms with Gasteiger partial charge in [0.25, 0.3) is 0 Å². The molecule has 29 heavy (non-hydrogen) atoms. The summed E-state index contributed by atoms with van der Waals surface area (Å²) in [6.07, 6.45) is 0. The number of amides is 1. The van der Waals surface area contributed by atoms with Gasteiger partial charge in [0.2, 0.25) is 15.9 Å². The molecule has 0 aromatic heterocycles. The number of hydrogen-bond donors (Lipinski definition) is 1. The number of Topliss-reactive ketones (excluding diaryl/α,β-unsaturated/α-hetero) is 1. The Morgan fingerprint density at radius 3 is 2.28 bits per heavy atom. The molecule has 0 spiro atoms. The Balaban J connectivity index is 1.58. The van der Waals surface area contributed by atoms with Crippen LogP contribution in [0.25, 0.3) is 0 Å². The van der Waals surface area contributed by atoms with Gasteiger partial charge in [0.15, 0.2) is 5.78 Å². The molecular formula is C20H22ClN3O4S. The zero-order valence-corrected chi connectivity index (χ0v) is 17.5. The van der Waals surface area contributed by atoms with E-state index in [1.807, 2.05) is 4.90 Å². The average Bonchev–Trinajstić information content (AvgIpc) is 2.69. The Bertz CT molecular complexity index is 1020. The Morgan fingerprint density at radius 2 is 1.62 bits per heavy atom. The fraction of sp³-hybridized carbons (Fsp3) is 0.300. The fourth-order valence-electron chi connectivity index (χ4n) is 3.21. The van der Waals surface area contributed by atoms with Crippen molar-refractivity contribution in [1.29, 1.82) is 0 Å². The first-order valence-electron chi connectivity index (χ1n) is 9.16. The smallest absolute Gasteiger partial charge is 0.244 e. The molecule has 9 heteroatoms. The van der Waals surface area contributed by atoms with Crippen LogP contribution in [0.5, 0.6) is 0 Å². The predicted molar refractivity (Wildman–Crippen MR) is 112 cm³/mol. The lowest BCUT2D eigenvalue weighted by atomic mass is 10.1. The van der Waals surface area contributed by atoms with Crippen LogP contribution in [0.1, 0.15) is 17.3 Å². The number of para-hydroxylation sites is 1. The predicted octanol–water partition coefficient (Wildman–Crippen LogP) is 2.49. The van der Waals surface area contributed by atoms with Crippen LogP contribution in [0.4, 0.5) is 5.69 Å². The third kappa shape index (κ3) is 5.02. The fourth-order valence-corrected chi connectivity index (χ4v) is 5.13. The Labute approximate surface area is 175 Å². The molecule has 2 aromatic rings. The molecule has 1 fully saturated rings. The lowest BCUT2D eigenvalue weighted by molar-refractivity contribution is -0.117. The number of ketones is 1. The molecule has 0 saturated carbocycles. The van der Waals surface area contributed by atoms with Gasteiger partial charge in [0.1, 0.15) is 4.90 Å². The summed E-state index contributed by atoms with van der Waals surface area (Å²) in [5.41, 5.74) is 0.932. The number of sulfonamides is 1. The third-order valence-electron chi connectivity index (χ3n) is 4.73. The van der Waals surface area contributed by atoms with E-state index >= 15 is 0 Å². The summed E-state index contributed by atoms with van der Waals surface area (Å²) >= 11 is 6.04. The van der Waals surface area contributed by atoms with E-state index in [0.717, 1.165) is 0 Å². The van der Waals surface area contributed by atoms with Crippen LogP contribution in [-0.2, 0) is 14.8 Å². The van der Waals surface area contributed by atoms with Gasteiger partial charge in [0.05, 0.1) is 17.3 Å². The Kier molecular flexibility index (Phi) is 6.69. The number of rotatable bonds is 6. The van der Waals surface area contributed by atoms with Gasteiger partial charge < -0.3 is 5.32 Å². The van der Waals surface area contributed by atoms with Gasteiger partial charge in [0, 0.05) is 31.7 Å². The van der Waals surface area contributed by atoms with Crippen molar-refractivity contribution < 1.29 is 18.0 Å². The highest BCUT2D eigenvalue weighted by Crippen LogP contribution is 2.25. The highest BCUT2D eigenvalue weighted by atomic mass is 35.5. The number of benzene rings is 2. The molecule has 0 bridgehead atoms. The van der Waals surface area contributed by atoms with Gasteiger partial charge >= 0.3 is 0 Å². The van der Waals surface area contributed by atoms with Crippen molar-refractivity contribution in [2.75, 3.05) is 38.0 Å². The molecule has 1 aliphatic rings. The number of nitrogens with one attached hydrogen (secondary N) is 1. The van der Waals surface area contributed by atoms with Crippen LogP contribution in [-0.4, -0.2) is 62.0 Å². The molecule has 3 rings (SSSR count). The number of halogens is 1. The highest BCUT2D eigenvalue weighted by molar-refractivity contribution is 7.89. The molecule has 0 radical (unpaired) electrons. The van der Waals surface area contributed by atoms with E-state index < -0.39 is 10.0 Å². The molecule has 1 N–H and O–H groups in total. The van der Waals surface area contributed by atoms with Crippen molar-refractivity contribution in [3.05, 3.63) is 59.1 Å². The molecule has 154 valence electrons. The van der Waals surface area contributed by atoms with Crippen molar-refractivity contribution in [1.82, 2.24) is 9.21 Å². The average molecular weight is 436 g/mol. The van der Waals surface area contributed by atoms with Crippen molar-refractivity contribution in [2.45, 2.75) is 11.8 Å². The number of carbonyl (C=O) groups excluding carboxylic acids is 2. The molecule has 1 heterocycles. The molecule has 0 aliphatic carbocycles. The lowest BCUT2D eigenvalue weighted by Gasteiger charge is -2.33. The molecule has 1 amide bonds. The van der Waals surface area contributed by atoms with Gasteiger partial charge in [-0.2, -0.15) is 4.31 Å². The second-order valence-corrected chi connectivity index (χ2v) is 9.07. The zero-order chi connectivity index (χ0) is 21.0. The second-order valence-electron chi connectivity index (χ2n) is 6.76. The van der Waals surface area contributed by atoms with E-state index in [1.165, 1.54) is 17.3 Å². The zero-order valence-electron chi connectivity index (χ0n) is 16.0. The van der Waals surface area contributed by atoms with Gasteiger partial charge in [-0.15, -0.1) is 0 Å². The SMILES string of the molecule is CC(=O)c1ccccc1NC(=O)CN1CCN(S(=O)(=O)c2ccccc2Cl)CC1. The molecule has 0 unspecified atom stereocenters. The Hall–Kier alpha value is -2.26. The first-order valence-corrected chi connectivity index (χ1v) is 11.0. The topological polar surface area (TPSA) is 86.8 Å². The van der Waals surface area contributed by atoms with E-state index in [4.69, 9.17) is 11.6 Å². The van der Waals surface area contributed by atoms with Crippen molar-refractivity contribution in [3.8, 4) is 0 Å². The van der Waals surface area contributed by atoms with E-state index in [2.05, 4.69) is 5.32 Å². The van der Waals surface area contributed by atoms with E-state index in [-0.39, 0.29) is 41.2 Å². The Morgan fingerprint density at radius 1 is 1.00 bits per heavy atom. The van der Waals surface area contributed by atoms with Crippen LogP contribution < -0.4 is 5.32 Å². The third-order valence-corrected chi connectivity index (χ3v) is 7.13. The number of nitrogens with zero attached hydrogens (tertiary/aromatic N) is 2. The molecule has 0 atom stereocenters. The largest absolute Gasteiger partial charge is 0.324 e. The lowest BCUT2D eigenvalue weighted by Crippen LogP contribution is -2.50. The highest BCUT2D eigenvalue weighted by Gasteiger charge is 2.30. The van der Waals surface area contributed by atoms with Crippen LogP contribution in [0.15, 0.2) is 53.4 Å². The van der Waals surface area contributed by atoms with E-state index in [1.54, 1.807) is 42.5 Å². The maximum absolute atomic E-state index is 12.8.